The molecule has 0 aliphatic rings. The third kappa shape index (κ3) is 6.75. The van der Waals surface area contributed by atoms with Crippen molar-refractivity contribution in [2.24, 2.45) is 5.10 Å². The largest absolute Gasteiger partial charge is 0.273 e. The van der Waals surface area contributed by atoms with Crippen LogP contribution in [0.25, 0.3) is 0 Å². The molecule has 1 amide bonds. The Kier molecular flexibility index (Phi) is 7.57. The number of carbonyl (C=O) groups excluding carboxylic acids is 1. The Morgan fingerprint density at radius 1 is 1.00 bits per heavy atom. The topological polar surface area (TPSA) is 87.6 Å². The van der Waals surface area contributed by atoms with E-state index in [1.54, 1.807) is 60.7 Å². The number of nitrogens with zero attached hydrogens (tertiary/aromatic N) is 1. The summed E-state index contributed by atoms with van der Waals surface area (Å²) in [5.41, 5.74) is 4.84. The van der Waals surface area contributed by atoms with Crippen molar-refractivity contribution in [3.05, 3.63) is 101 Å². The number of carbonyl (C=O) groups is 1. The summed E-state index contributed by atoms with van der Waals surface area (Å²) in [5, 5.41) is 4.54. The Morgan fingerprint density at radius 2 is 1.65 bits per heavy atom. The van der Waals surface area contributed by atoms with Gasteiger partial charge in [-0.05, 0) is 42.3 Å². The van der Waals surface area contributed by atoms with Crippen LogP contribution in [-0.2, 0) is 14.8 Å². The van der Waals surface area contributed by atoms with E-state index in [4.69, 9.17) is 11.6 Å². The molecule has 1 atom stereocenters. The summed E-state index contributed by atoms with van der Waals surface area (Å²) in [4.78, 5) is 12.6. The van der Waals surface area contributed by atoms with Gasteiger partial charge in [0.15, 0.2) is 0 Å². The summed E-state index contributed by atoms with van der Waals surface area (Å²) in [5.74, 6) is -0.425. The van der Waals surface area contributed by atoms with Crippen molar-refractivity contribution < 1.29 is 13.2 Å². The van der Waals surface area contributed by atoms with Gasteiger partial charge in [0.05, 0.1) is 17.2 Å². The van der Waals surface area contributed by atoms with Crippen molar-refractivity contribution in [2.75, 3.05) is 0 Å². The normalized spacial score (nSPS) is 12.6. The second-order valence-corrected chi connectivity index (χ2v) is 9.10. The average Bonchev–Trinajstić information content (AvgIpc) is 2.75. The zero-order valence-electron chi connectivity index (χ0n) is 16.8. The molecule has 0 fully saturated rings. The molecule has 0 bridgehead atoms. The third-order valence-corrected chi connectivity index (χ3v) is 6.23. The minimum Gasteiger partial charge on any atom is -0.273 e. The van der Waals surface area contributed by atoms with Gasteiger partial charge >= 0.3 is 0 Å². The molecule has 6 nitrogen and oxygen atoms in total. The van der Waals surface area contributed by atoms with Crippen molar-refractivity contribution in [1.29, 1.82) is 0 Å². The van der Waals surface area contributed by atoms with E-state index in [0.717, 1.165) is 11.1 Å². The molecule has 0 saturated heterocycles. The van der Waals surface area contributed by atoms with Gasteiger partial charge in [-0.2, -0.15) is 5.10 Å². The van der Waals surface area contributed by atoms with Gasteiger partial charge in [-0.15, -0.1) is 0 Å². The Morgan fingerprint density at radius 3 is 2.29 bits per heavy atom. The lowest BCUT2D eigenvalue weighted by Gasteiger charge is -2.18. The maximum absolute atomic E-state index is 12.9. The van der Waals surface area contributed by atoms with E-state index in [0.29, 0.717) is 10.6 Å². The monoisotopic (exact) mass is 455 g/mol. The molecular weight excluding hydrogens is 434 g/mol. The first-order valence-electron chi connectivity index (χ1n) is 9.55. The second kappa shape index (κ2) is 10.3. The fourth-order valence-electron chi connectivity index (χ4n) is 2.84. The number of aryl methyl sites for hydroxylation is 1. The molecule has 3 aromatic rings. The summed E-state index contributed by atoms with van der Waals surface area (Å²) >= 11 is 5.85. The van der Waals surface area contributed by atoms with E-state index in [-0.39, 0.29) is 11.3 Å². The fourth-order valence-corrected chi connectivity index (χ4v) is 4.19. The fraction of sp³-hybridized carbons (Fsp3) is 0.130. The maximum atomic E-state index is 12.9. The van der Waals surface area contributed by atoms with Crippen molar-refractivity contribution in [1.82, 2.24) is 10.1 Å². The van der Waals surface area contributed by atoms with E-state index in [2.05, 4.69) is 15.2 Å². The van der Waals surface area contributed by atoms with E-state index < -0.39 is 22.0 Å². The molecule has 3 aromatic carbocycles. The number of nitrogens with one attached hydrogen (secondary N) is 2. The predicted molar refractivity (Wildman–Crippen MR) is 122 cm³/mol. The van der Waals surface area contributed by atoms with Crippen molar-refractivity contribution in [2.45, 2.75) is 24.3 Å². The predicted octanol–water partition coefficient (Wildman–Crippen LogP) is 4.21. The van der Waals surface area contributed by atoms with E-state index in [1.807, 2.05) is 13.0 Å². The summed E-state index contributed by atoms with van der Waals surface area (Å²) < 4.78 is 28.3. The van der Waals surface area contributed by atoms with Gasteiger partial charge in [0.1, 0.15) is 0 Å². The van der Waals surface area contributed by atoms with Gasteiger partial charge in [0, 0.05) is 11.4 Å². The zero-order chi connectivity index (χ0) is 22.3. The number of rotatable bonds is 8. The Labute approximate surface area is 187 Å². The minimum atomic E-state index is -3.82. The smallest absolute Gasteiger partial charge is 0.242 e. The summed E-state index contributed by atoms with van der Waals surface area (Å²) in [7, 11) is -3.82. The number of hydrogen-bond donors (Lipinski definition) is 2. The number of halogens is 1. The molecule has 0 aliphatic heterocycles. The van der Waals surface area contributed by atoms with Crippen LogP contribution in [0, 0.1) is 6.92 Å². The van der Waals surface area contributed by atoms with Crippen LogP contribution < -0.4 is 10.1 Å². The van der Waals surface area contributed by atoms with Crippen LogP contribution in [0.1, 0.15) is 29.2 Å². The van der Waals surface area contributed by atoms with Crippen LogP contribution in [0.3, 0.4) is 0 Å². The summed E-state index contributed by atoms with van der Waals surface area (Å²) in [6.07, 6.45) is 1.37. The zero-order valence-corrected chi connectivity index (χ0v) is 18.4. The Bertz CT molecular complexity index is 1150. The molecule has 3 rings (SSSR count). The highest BCUT2D eigenvalue weighted by atomic mass is 35.5. The standard InChI is InChI=1S/C23H22ClN3O3S/c1-17-7-13-21(14-8-17)31(29,30)27-22(19-5-3-2-4-6-19)15-23(28)26-25-16-18-9-11-20(24)12-10-18/h2-14,16,22,27H,15H2,1H3,(H,26,28)/b25-16-/t22-/m0/s1. The van der Waals surface area contributed by atoms with Crippen LogP contribution in [0.4, 0.5) is 0 Å². The minimum absolute atomic E-state index is 0.118. The lowest BCUT2D eigenvalue weighted by atomic mass is 10.0. The second-order valence-electron chi connectivity index (χ2n) is 6.95. The molecule has 0 radical (unpaired) electrons. The van der Waals surface area contributed by atoms with E-state index in [1.165, 1.54) is 18.3 Å². The third-order valence-electron chi connectivity index (χ3n) is 4.49. The van der Waals surface area contributed by atoms with Gasteiger partial charge in [-0.1, -0.05) is 71.8 Å². The lowest BCUT2D eigenvalue weighted by Crippen LogP contribution is -2.32. The van der Waals surface area contributed by atoms with Crippen LogP contribution in [0.5, 0.6) is 0 Å². The Balaban J connectivity index is 1.72. The highest BCUT2D eigenvalue weighted by Crippen LogP contribution is 2.21. The van der Waals surface area contributed by atoms with Gasteiger partial charge in [0.25, 0.3) is 0 Å². The summed E-state index contributed by atoms with van der Waals surface area (Å²) in [6.45, 7) is 1.88. The van der Waals surface area contributed by atoms with Gasteiger partial charge < -0.3 is 0 Å². The molecule has 0 spiro atoms. The molecule has 31 heavy (non-hydrogen) atoms. The summed E-state index contributed by atoms with van der Waals surface area (Å²) in [6, 6.07) is 21.7. The van der Waals surface area contributed by atoms with Gasteiger partial charge in [0.2, 0.25) is 15.9 Å². The van der Waals surface area contributed by atoms with E-state index >= 15 is 0 Å². The molecular formula is C23H22ClN3O3S. The first-order valence-corrected chi connectivity index (χ1v) is 11.4. The molecule has 160 valence electrons. The van der Waals surface area contributed by atoms with Crippen LogP contribution in [-0.4, -0.2) is 20.5 Å². The maximum Gasteiger partial charge on any atom is 0.242 e. The molecule has 0 aliphatic carbocycles. The number of sulfonamides is 1. The lowest BCUT2D eigenvalue weighted by molar-refractivity contribution is -0.121. The number of hydrazone groups is 1. The van der Waals surface area contributed by atoms with Crippen LogP contribution >= 0.6 is 11.6 Å². The molecule has 0 unspecified atom stereocenters. The van der Waals surface area contributed by atoms with Gasteiger partial charge in [-0.25, -0.2) is 18.6 Å². The highest BCUT2D eigenvalue weighted by molar-refractivity contribution is 7.89. The average molecular weight is 456 g/mol. The first-order chi connectivity index (χ1) is 14.8. The molecule has 2 N–H and O–H groups in total. The van der Waals surface area contributed by atoms with Crippen molar-refractivity contribution >= 4 is 33.7 Å². The molecule has 8 heteroatoms. The highest BCUT2D eigenvalue weighted by Gasteiger charge is 2.23. The molecule has 0 aromatic heterocycles. The first kappa shape index (κ1) is 22.7. The van der Waals surface area contributed by atoms with Gasteiger partial charge in [-0.3, -0.25) is 4.79 Å². The number of amides is 1. The molecule has 0 heterocycles. The molecule has 0 saturated carbocycles. The van der Waals surface area contributed by atoms with Crippen LogP contribution in [0.2, 0.25) is 5.02 Å². The van der Waals surface area contributed by atoms with Crippen molar-refractivity contribution in [3.63, 3.8) is 0 Å². The van der Waals surface area contributed by atoms with E-state index in [9.17, 15) is 13.2 Å². The Hall–Kier alpha value is -3.00. The number of benzene rings is 3. The van der Waals surface area contributed by atoms with Crippen molar-refractivity contribution in [3.8, 4) is 0 Å². The van der Waals surface area contributed by atoms with Crippen LogP contribution in [0.15, 0.2) is 88.9 Å². The number of hydrogen-bond acceptors (Lipinski definition) is 4. The SMILES string of the molecule is Cc1ccc(S(=O)(=O)N[C@@H](CC(=O)N/N=C\c2ccc(Cl)cc2)c2ccccc2)cc1. The quantitative estimate of drug-likeness (QED) is 0.394.